The van der Waals surface area contributed by atoms with Gasteiger partial charge in [0.1, 0.15) is 5.52 Å². The Morgan fingerprint density at radius 1 is 1.45 bits per heavy atom. The minimum Gasteiger partial charge on any atom is -0.354 e. The number of hydrogen-bond donors (Lipinski definition) is 1. The molecule has 2 aromatic heterocycles. The molecular weight excluding hydrogens is 292 g/mol. The van der Waals surface area contributed by atoms with Gasteiger partial charge in [0.25, 0.3) is 6.43 Å². The van der Waals surface area contributed by atoms with Crippen molar-refractivity contribution in [3.8, 4) is 0 Å². The predicted octanol–water partition coefficient (Wildman–Crippen LogP) is 1.33. The van der Waals surface area contributed by atoms with E-state index in [4.69, 9.17) is 0 Å². The number of rotatable bonds is 4. The zero-order valence-electron chi connectivity index (χ0n) is 12.0. The van der Waals surface area contributed by atoms with E-state index in [1.165, 1.54) is 0 Å². The van der Waals surface area contributed by atoms with Gasteiger partial charge in [-0.3, -0.25) is 4.79 Å². The van der Waals surface area contributed by atoms with Crippen molar-refractivity contribution in [2.45, 2.75) is 19.3 Å². The lowest BCUT2D eigenvalue weighted by atomic mass is 9.97. The van der Waals surface area contributed by atoms with Gasteiger partial charge in [-0.25, -0.2) is 18.3 Å². The van der Waals surface area contributed by atoms with Crippen molar-refractivity contribution in [1.82, 2.24) is 19.9 Å². The number of halogens is 2. The number of fused-ring (bicyclic) bond motifs is 1. The van der Waals surface area contributed by atoms with Crippen molar-refractivity contribution in [3.63, 3.8) is 0 Å². The summed E-state index contributed by atoms with van der Waals surface area (Å²) < 4.78 is 26.1. The van der Waals surface area contributed by atoms with E-state index in [1.54, 1.807) is 23.1 Å². The Morgan fingerprint density at radius 2 is 2.32 bits per heavy atom. The number of amides is 1. The highest BCUT2D eigenvalue weighted by molar-refractivity contribution is 5.80. The minimum atomic E-state index is -2.52. The maximum absolute atomic E-state index is 12.2. The third-order valence-electron chi connectivity index (χ3n) is 3.83. The minimum absolute atomic E-state index is 0.294. The average Bonchev–Trinajstić information content (AvgIpc) is 3.01. The van der Waals surface area contributed by atoms with Crippen molar-refractivity contribution in [2.24, 2.45) is 5.92 Å². The van der Waals surface area contributed by atoms with Crippen molar-refractivity contribution >= 4 is 17.2 Å². The first kappa shape index (κ1) is 14.7. The van der Waals surface area contributed by atoms with Crippen LogP contribution >= 0.6 is 0 Å². The van der Waals surface area contributed by atoms with E-state index in [1.807, 2.05) is 11.0 Å². The lowest BCUT2D eigenvalue weighted by Crippen LogP contribution is -2.44. The summed E-state index contributed by atoms with van der Waals surface area (Å²) in [7, 11) is 0. The average molecular weight is 309 g/mol. The molecule has 118 valence electrons. The maximum atomic E-state index is 12.2. The standard InChI is InChI=1S/C14H17F2N5O/c15-12(16)8-18-14(22)10-2-1-6-20(9-10)13-11-3-4-19-21(11)7-5-17-13/h3-5,7,10,12H,1-2,6,8-9H2,(H,18,22). The third-order valence-corrected chi connectivity index (χ3v) is 3.83. The van der Waals surface area contributed by atoms with E-state index >= 15 is 0 Å². The van der Waals surface area contributed by atoms with Crippen molar-refractivity contribution in [1.29, 1.82) is 0 Å². The summed E-state index contributed by atoms with van der Waals surface area (Å²) in [4.78, 5) is 18.4. The first-order valence-corrected chi connectivity index (χ1v) is 7.24. The number of hydrogen-bond acceptors (Lipinski definition) is 4. The van der Waals surface area contributed by atoms with Crippen LogP contribution in [-0.4, -0.2) is 46.6 Å². The van der Waals surface area contributed by atoms with Gasteiger partial charge in [0, 0.05) is 25.5 Å². The lowest BCUT2D eigenvalue weighted by Gasteiger charge is -2.33. The number of anilines is 1. The first-order chi connectivity index (χ1) is 10.6. The normalized spacial score (nSPS) is 18.9. The Kier molecular flexibility index (Phi) is 4.17. The molecule has 1 saturated heterocycles. The van der Waals surface area contributed by atoms with E-state index in [0.717, 1.165) is 24.3 Å². The fourth-order valence-electron chi connectivity index (χ4n) is 2.79. The molecule has 0 spiro atoms. The molecule has 2 aromatic rings. The molecule has 6 nitrogen and oxygen atoms in total. The molecular formula is C14H17F2N5O. The summed E-state index contributed by atoms with van der Waals surface area (Å²) in [6.07, 6.45) is 4.12. The molecule has 22 heavy (non-hydrogen) atoms. The Bertz CT molecular complexity index is 659. The molecule has 3 rings (SSSR count). The van der Waals surface area contributed by atoms with Crippen LogP contribution in [0.3, 0.4) is 0 Å². The fraction of sp³-hybridized carbons (Fsp3) is 0.500. The Labute approximate surface area is 126 Å². The number of carbonyl (C=O) groups excluding carboxylic acids is 1. The summed E-state index contributed by atoms with van der Waals surface area (Å²) in [6.45, 7) is 0.676. The number of aromatic nitrogens is 3. The topological polar surface area (TPSA) is 62.5 Å². The number of alkyl halides is 2. The van der Waals surface area contributed by atoms with Gasteiger partial charge >= 0.3 is 0 Å². The van der Waals surface area contributed by atoms with Crippen LogP contribution in [0.4, 0.5) is 14.6 Å². The van der Waals surface area contributed by atoms with Gasteiger partial charge in [0.05, 0.1) is 18.7 Å². The molecule has 3 heterocycles. The highest BCUT2D eigenvalue weighted by Crippen LogP contribution is 2.25. The Balaban J connectivity index is 1.73. The number of nitrogens with zero attached hydrogens (tertiary/aromatic N) is 4. The van der Waals surface area contributed by atoms with Gasteiger partial charge < -0.3 is 10.2 Å². The summed E-state index contributed by atoms with van der Waals surface area (Å²) in [6, 6.07) is 1.86. The maximum Gasteiger partial charge on any atom is 0.255 e. The largest absolute Gasteiger partial charge is 0.354 e. The second-order valence-electron chi connectivity index (χ2n) is 5.33. The first-order valence-electron chi connectivity index (χ1n) is 7.24. The SMILES string of the molecule is O=C(NCC(F)F)C1CCCN(c2nccn3nccc23)C1. The molecule has 1 amide bonds. The second kappa shape index (κ2) is 6.25. The molecule has 1 atom stereocenters. The molecule has 0 bridgehead atoms. The molecule has 1 aliphatic rings. The van der Waals surface area contributed by atoms with Crippen molar-refractivity contribution in [2.75, 3.05) is 24.5 Å². The van der Waals surface area contributed by atoms with Crippen LogP contribution in [0.25, 0.3) is 5.52 Å². The predicted molar refractivity (Wildman–Crippen MR) is 76.9 cm³/mol. The van der Waals surface area contributed by atoms with Gasteiger partial charge in [0.2, 0.25) is 5.91 Å². The fourth-order valence-corrected chi connectivity index (χ4v) is 2.79. The summed E-state index contributed by atoms with van der Waals surface area (Å²) in [5.74, 6) is 0.161. The molecule has 0 saturated carbocycles. The quantitative estimate of drug-likeness (QED) is 0.925. The second-order valence-corrected chi connectivity index (χ2v) is 5.33. The summed E-state index contributed by atoms with van der Waals surface area (Å²) in [5, 5.41) is 6.47. The van der Waals surface area contributed by atoms with Crippen LogP contribution in [0.5, 0.6) is 0 Å². The van der Waals surface area contributed by atoms with Gasteiger partial charge in [-0.1, -0.05) is 0 Å². The molecule has 1 aliphatic heterocycles. The van der Waals surface area contributed by atoms with Crippen LogP contribution < -0.4 is 10.2 Å². The molecule has 1 N–H and O–H groups in total. The Hall–Kier alpha value is -2.25. The zero-order valence-corrected chi connectivity index (χ0v) is 12.0. The van der Waals surface area contributed by atoms with Gasteiger partial charge in [-0.2, -0.15) is 5.10 Å². The molecule has 1 unspecified atom stereocenters. The van der Waals surface area contributed by atoms with E-state index in [9.17, 15) is 13.6 Å². The number of piperidine rings is 1. The highest BCUT2D eigenvalue weighted by atomic mass is 19.3. The van der Waals surface area contributed by atoms with Crippen molar-refractivity contribution < 1.29 is 13.6 Å². The smallest absolute Gasteiger partial charge is 0.255 e. The monoisotopic (exact) mass is 309 g/mol. The van der Waals surface area contributed by atoms with Crippen LogP contribution in [-0.2, 0) is 4.79 Å². The molecule has 0 radical (unpaired) electrons. The van der Waals surface area contributed by atoms with Gasteiger partial charge in [0.15, 0.2) is 5.82 Å². The zero-order chi connectivity index (χ0) is 15.5. The number of carbonyl (C=O) groups is 1. The van der Waals surface area contributed by atoms with Crippen LogP contribution in [0.2, 0.25) is 0 Å². The van der Waals surface area contributed by atoms with E-state index < -0.39 is 13.0 Å². The van der Waals surface area contributed by atoms with Crippen molar-refractivity contribution in [3.05, 3.63) is 24.7 Å². The molecule has 1 fully saturated rings. The lowest BCUT2D eigenvalue weighted by molar-refractivity contribution is -0.125. The van der Waals surface area contributed by atoms with E-state index in [-0.39, 0.29) is 11.8 Å². The number of nitrogens with one attached hydrogen (secondary N) is 1. The third kappa shape index (κ3) is 3.00. The van der Waals surface area contributed by atoms with Gasteiger partial charge in [-0.15, -0.1) is 0 Å². The van der Waals surface area contributed by atoms with Crippen LogP contribution in [0.15, 0.2) is 24.7 Å². The van der Waals surface area contributed by atoms with E-state index in [2.05, 4.69) is 15.4 Å². The molecule has 0 aromatic carbocycles. The Morgan fingerprint density at radius 3 is 3.14 bits per heavy atom. The molecule has 0 aliphatic carbocycles. The van der Waals surface area contributed by atoms with E-state index in [0.29, 0.717) is 13.0 Å². The summed E-state index contributed by atoms with van der Waals surface area (Å²) >= 11 is 0. The summed E-state index contributed by atoms with van der Waals surface area (Å²) in [5.41, 5.74) is 0.871. The molecule has 8 heteroatoms. The van der Waals surface area contributed by atoms with Gasteiger partial charge in [-0.05, 0) is 18.9 Å². The van der Waals surface area contributed by atoms with Crippen LogP contribution in [0, 0.1) is 5.92 Å². The highest BCUT2D eigenvalue weighted by Gasteiger charge is 2.27. The van der Waals surface area contributed by atoms with Crippen LogP contribution in [0.1, 0.15) is 12.8 Å².